The third-order valence-corrected chi connectivity index (χ3v) is 4.83. The lowest BCUT2D eigenvalue weighted by atomic mass is 10.2. The zero-order valence-electron chi connectivity index (χ0n) is 13.2. The first kappa shape index (κ1) is 15.9. The van der Waals surface area contributed by atoms with E-state index < -0.39 is 0 Å². The molecule has 0 bridgehead atoms. The fraction of sp³-hybridized carbons (Fsp3) is 0.278. The molecule has 5 heteroatoms. The van der Waals surface area contributed by atoms with Crippen molar-refractivity contribution < 1.29 is 4.79 Å². The number of anilines is 2. The van der Waals surface area contributed by atoms with E-state index >= 15 is 0 Å². The highest BCUT2D eigenvalue weighted by atomic mass is 32.2. The van der Waals surface area contributed by atoms with E-state index in [1.807, 2.05) is 55.5 Å². The molecule has 0 saturated carbocycles. The number of urea groups is 1. The van der Waals surface area contributed by atoms with Gasteiger partial charge in [-0.05, 0) is 68.1 Å². The molecule has 23 heavy (non-hydrogen) atoms. The summed E-state index contributed by atoms with van der Waals surface area (Å²) in [6.07, 6.45) is 2.57. The molecular weight excluding hydrogens is 306 g/mol. The molecule has 2 amide bonds. The molecule has 0 radical (unpaired) electrons. The Kier molecular flexibility index (Phi) is 5.20. The normalized spacial score (nSPS) is 14.7. The highest BCUT2D eigenvalue weighted by Crippen LogP contribution is 2.27. The van der Waals surface area contributed by atoms with Crippen LogP contribution in [-0.4, -0.2) is 23.4 Å². The lowest BCUT2D eigenvalue weighted by molar-refractivity contribution is 0.262. The van der Waals surface area contributed by atoms with Crippen LogP contribution in [0.2, 0.25) is 0 Å². The van der Waals surface area contributed by atoms with Crippen molar-refractivity contribution in [1.29, 1.82) is 0 Å². The number of benzene rings is 2. The summed E-state index contributed by atoms with van der Waals surface area (Å²) in [7, 11) is 0. The largest absolute Gasteiger partial charge is 0.323 e. The number of carbonyl (C=O) groups excluding carboxylic acids is 1. The van der Waals surface area contributed by atoms with Crippen molar-refractivity contribution >= 4 is 29.4 Å². The first-order valence-electron chi connectivity index (χ1n) is 7.87. The Morgan fingerprint density at radius 1 is 0.913 bits per heavy atom. The van der Waals surface area contributed by atoms with Crippen molar-refractivity contribution in [3.63, 3.8) is 0 Å². The van der Waals surface area contributed by atoms with Crippen LogP contribution in [0.3, 0.4) is 0 Å². The second-order valence-corrected chi connectivity index (χ2v) is 6.87. The minimum absolute atomic E-state index is 0.228. The summed E-state index contributed by atoms with van der Waals surface area (Å²) in [5, 5.41) is 5.68. The van der Waals surface area contributed by atoms with Crippen molar-refractivity contribution in [3.05, 3.63) is 54.1 Å². The van der Waals surface area contributed by atoms with E-state index in [4.69, 9.17) is 0 Å². The average molecular weight is 327 g/mol. The quantitative estimate of drug-likeness (QED) is 0.797. The van der Waals surface area contributed by atoms with Crippen molar-refractivity contribution in [1.82, 2.24) is 4.31 Å². The fourth-order valence-corrected chi connectivity index (χ4v) is 3.45. The molecule has 2 aromatic rings. The van der Waals surface area contributed by atoms with E-state index in [9.17, 15) is 4.79 Å². The topological polar surface area (TPSA) is 44.4 Å². The third kappa shape index (κ3) is 4.74. The SMILES string of the molecule is Cc1ccc(NC(=O)Nc2ccc(SN3CCCC3)cc2)cc1. The highest BCUT2D eigenvalue weighted by Gasteiger charge is 2.12. The van der Waals surface area contributed by atoms with Gasteiger partial charge in [-0.1, -0.05) is 17.7 Å². The second kappa shape index (κ2) is 7.53. The van der Waals surface area contributed by atoms with Crippen molar-refractivity contribution in [3.8, 4) is 0 Å². The lowest BCUT2D eigenvalue weighted by Gasteiger charge is -2.13. The Labute approximate surface area is 141 Å². The van der Waals surface area contributed by atoms with Crippen LogP contribution in [0.25, 0.3) is 0 Å². The van der Waals surface area contributed by atoms with Gasteiger partial charge in [-0.3, -0.25) is 0 Å². The maximum absolute atomic E-state index is 12.0. The summed E-state index contributed by atoms with van der Waals surface area (Å²) in [6, 6.07) is 15.5. The standard InChI is InChI=1S/C18H21N3OS/c1-14-4-6-15(7-5-14)19-18(22)20-16-8-10-17(11-9-16)23-21-12-2-3-13-21/h4-11H,2-3,12-13H2,1H3,(H2,19,20,22). The summed E-state index contributed by atoms with van der Waals surface area (Å²) in [5.41, 5.74) is 2.75. The molecule has 1 aliphatic rings. The molecule has 4 nitrogen and oxygen atoms in total. The maximum Gasteiger partial charge on any atom is 0.323 e. The Morgan fingerprint density at radius 2 is 1.43 bits per heavy atom. The van der Waals surface area contributed by atoms with E-state index in [1.54, 1.807) is 11.9 Å². The molecule has 3 rings (SSSR count). The van der Waals surface area contributed by atoms with Gasteiger partial charge in [0.25, 0.3) is 0 Å². The zero-order chi connectivity index (χ0) is 16.1. The number of hydrogen-bond acceptors (Lipinski definition) is 3. The van der Waals surface area contributed by atoms with Gasteiger partial charge in [-0.2, -0.15) is 0 Å². The third-order valence-electron chi connectivity index (χ3n) is 3.72. The Bertz CT molecular complexity index is 649. The van der Waals surface area contributed by atoms with Gasteiger partial charge in [0.2, 0.25) is 0 Å². The van der Waals surface area contributed by atoms with Gasteiger partial charge in [0.05, 0.1) is 0 Å². The average Bonchev–Trinajstić information content (AvgIpc) is 3.04. The number of carbonyl (C=O) groups is 1. The molecule has 0 aliphatic carbocycles. The first-order valence-corrected chi connectivity index (χ1v) is 8.64. The molecule has 1 saturated heterocycles. The zero-order valence-corrected chi connectivity index (χ0v) is 14.0. The molecule has 1 heterocycles. The van der Waals surface area contributed by atoms with Gasteiger partial charge < -0.3 is 10.6 Å². The number of amides is 2. The molecule has 0 atom stereocenters. The number of nitrogens with zero attached hydrogens (tertiary/aromatic N) is 1. The Hall–Kier alpha value is -1.98. The summed E-state index contributed by atoms with van der Waals surface area (Å²) in [5.74, 6) is 0. The molecule has 1 fully saturated rings. The predicted molar refractivity (Wildman–Crippen MR) is 96.9 cm³/mol. The molecular formula is C18H21N3OS. The molecule has 120 valence electrons. The van der Waals surface area contributed by atoms with Crippen molar-refractivity contribution in [2.24, 2.45) is 0 Å². The fourth-order valence-electron chi connectivity index (χ4n) is 2.46. The van der Waals surface area contributed by atoms with Crippen LogP contribution in [0.15, 0.2) is 53.4 Å². The summed E-state index contributed by atoms with van der Waals surface area (Å²) < 4.78 is 2.38. The molecule has 0 spiro atoms. The molecule has 2 aromatic carbocycles. The van der Waals surface area contributed by atoms with Crippen LogP contribution in [0.1, 0.15) is 18.4 Å². The van der Waals surface area contributed by atoms with Gasteiger partial charge in [-0.15, -0.1) is 0 Å². The Balaban J connectivity index is 1.52. The van der Waals surface area contributed by atoms with Gasteiger partial charge in [0.15, 0.2) is 0 Å². The number of nitrogens with one attached hydrogen (secondary N) is 2. The number of aryl methyl sites for hydroxylation is 1. The van der Waals surface area contributed by atoms with E-state index in [1.165, 1.54) is 23.3 Å². The van der Waals surface area contributed by atoms with Crippen LogP contribution in [0, 0.1) is 6.92 Å². The van der Waals surface area contributed by atoms with Gasteiger partial charge in [0.1, 0.15) is 0 Å². The Morgan fingerprint density at radius 3 is 2.00 bits per heavy atom. The van der Waals surface area contributed by atoms with Crippen LogP contribution >= 0.6 is 11.9 Å². The van der Waals surface area contributed by atoms with E-state index in [2.05, 4.69) is 14.9 Å². The smallest absolute Gasteiger partial charge is 0.308 e. The van der Waals surface area contributed by atoms with Crippen molar-refractivity contribution in [2.75, 3.05) is 23.7 Å². The van der Waals surface area contributed by atoms with E-state index in [0.29, 0.717) is 0 Å². The maximum atomic E-state index is 12.0. The highest BCUT2D eigenvalue weighted by molar-refractivity contribution is 7.97. The van der Waals surface area contributed by atoms with Crippen LogP contribution in [0.4, 0.5) is 16.2 Å². The van der Waals surface area contributed by atoms with Crippen molar-refractivity contribution in [2.45, 2.75) is 24.7 Å². The van der Waals surface area contributed by atoms with E-state index in [-0.39, 0.29) is 6.03 Å². The summed E-state index contributed by atoms with van der Waals surface area (Å²) >= 11 is 1.79. The van der Waals surface area contributed by atoms with Gasteiger partial charge in [0, 0.05) is 29.4 Å². The molecule has 2 N–H and O–H groups in total. The lowest BCUT2D eigenvalue weighted by Crippen LogP contribution is -2.19. The summed E-state index contributed by atoms with van der Waals surface area (Å²) in [6.45, 7) is 4.33. The van der Waals surface area contributed by atoms with E-state index in [0.717, 1.165) is 24.5 Å². The van der Waals surface area contributed by atoms with Crippen LogP contribution in [0.5, 0.6) is 0 Å². The van der Waals surface area contributed by atoms with Gasteiger partial charge >= 0.3 is 6.03 Å². The second-order valence-electron chi connectivity index (χ2n) is 5.70. The van der Waals surface area contributed by atoms with Gasteiger partial charge in [-0.25, -0.2) is 9.10 Å². The van der Waals surface area contributed by atoms with Crippen LogP contribution in [-0.2, 0) is 0 Å². The number of rotatable bonds is 4. The molecule has 1 aliphatic heterocycles. The molecule has 0 aromatic heterocycles. The predicted octanol–water partition coefficient (Wildman–Crippen LogP) is 4.74. The summed E-state index contributed by atoms with van der Waals surface area (Å²) in [4.78, 5) is 13.2. The number of hydrogen-bond donors (Lipinski definition) is 2. The molecule has 0 unspecified atom stereocenters. The van der Waals surface area contributed by atoms with Crippen LogP contribution < -0.4 is 10.6 Å². The monoisotopic (exact) mass is 327 g/mol. The minimum atomic E-state index is -0.228. The first-order chi connectivity index (χ1) is 11.2. The minimum Gasteiger partial charge on any atom is -0.308 e.